The van der Waals surface area contributed by atoms with Crippen LogP contribution in [0.25, 0.3) is 0 Å². The quantitative estimate of drug-likeness (QED) is 0.853. The number of carboxylic acid groups (broad SMARTS) is 1. The number of halogens is 1. The molecular weight excluding hydrogens is 295 g/mol. The number of fused-ring (bicyclic) bond motifs is 1. The van der Waals surface area contributed by atoms with E-state index in [9.17, 15) is 4.79 Å². The van der Waals surface area contributed by atoms with Gasteiger partial charge in [-0.05, 0) is 45.9 Å². The topological polar surface area (TPSA) is 46.5 Å². The lowest BCUT2D eigenvalue weighted by atomic mass is 10.0. The van der Waals surface area contributed by atoms with E-state index in [4.69, 9.17) is 9.84 Å². The van der Waals surface area contributed by atoms with Gasteiger partial charge in [-0.1, -0.05) is 6.07 Å². The van der Waals surface area contributed by atoms with Crippen molar-refractivity contribution in [1.29, 1.82) is 0 Å². The molecule has 74 valence electrons. The van der Waals surface area contributed by atoms with Crippen molar-refractivity contribution in [2.75, 3.05) is 0 Å². The Kier molecular flexibility index (Phi) is 2.73. The predicted octanol–water partition coefficient (Wildman–Crippen LogP) is 2.34. The van der Waals surface area contributed by atoms with Crippen molar-refractivity contribution in [3.05, 3.63) is 32.9 Å². The summed E-state index contributed by atoms with van der Waals surface area (Å²) in [6.45, 7) is 0.532. The Balaban J connectivity index is 2.26. The Morgan fingerprint density at radius 2 is 2.43 bits per heavy atom. The summed E-state index contributed by atoms with van der Waals surface area (Å²) in [5.74, 6) is -0.818. The summed E-state index contributed by atoms with van der Waals surface area (Å²) in [6, 6.07) is 5.97. The maximum atomic E-state index is 10.6. The second kappa shape index (κ2) is 3.86. The van der Waals surface area contributed by atoms with Gasteiger partial charge >= 0.3 is 5.97 Å². The number of carboxylic acids is 1. The van der Waals surface area contributed by atoms with Crippen LogP contribution in [0.3, 0.4) is 0 Å². The van der Waals surface area contributed by atoms with Gasteiger partial charge in [-0.15, -0.1) is 0 Å². The molecule has 1 aliphatic heterocycles. The van der Waals surface area contributed by atoms with E-state index in [0.29, 0.717) is 6.61 Å². The number of rotatable bonds is 2. The predicted molar refractivity (Wildman–Crippen MR) is 58.9 cm³/mol. The number of ether oxygens (including phenoxy) is 1. The highest BCUT2D eigenvalue weighted by atomic mass is 127. The summed E-state index contributed by atoms with van der Waals surface area (Å²) in [4.78, 5) is 10.6. The molecule has 0 saturated carbocycles. The second-order valence-corrected chi connectivity index (χ2v) is 4.49. The van der Waals surface area contributed by atoms with Crippen LogP contribution in [0, 0.1) is 3.57 Å². The number of aliphatic carboxylic acids is 1. The van der Waals surface area contributed by atoms with Crippen molar-refractivity contribution in [3.8, 4) is 0 Å². The van der Waals surface area contributed by atoms with Gasteiger partial charge in [0, 0.05) is 3.57 Å². The summed E-state index contributed by atoms with van der Waals surface area (Å²) in [7, 11) is 0. The molecular formula is C10H9IO3. The fraction of sp³-hybridized carbons (Fsp3) is 0.300. The van der Waals surface area contributed by atoms with E-state index in [1.54, 1.807) is 0 Å². The van der Waals surface area contributed by atoms with Crippen LogP contribution in [0.4, 0.5) is 0 Å². The number of carbonyl (C=O) groups is 1. The van der Waals surface area contributed by atoms with E-state index in [1.165, 1.54) is 0 Å². The molecule has 0 bridgehead atoms. The van der Waals surface area contributed by atoms with E-state index in [1.807, 2.05) is 18.2 Å². The first-order valence-corrected chi connectivity index (χ1v) is 5.36. The van der Waals surface area contributed by atoms with Crippen molar-refractivity contribution in [1.82, 2.24) is 0 Å². The minimum absolute atomic E-state index is 0.0492. The third kappa shape index (κ3) is 1.90. The van der Waals surface area contributed by atoms with E-state index < -0.39 is 5.97 Å². The number of hydrogen-bond donors (Lipinski definition) is 1. The van der Waals surface area contributed by atoms with Gasteiger partial charge in [0.15, 0.2) is 0 Å². The maximum Gasteiger partial charge on any atom is 0.306 e. The summed E-state index contributed by atoms with van der Waals surface area (Å²) < 4.78 is 6.56. The van der Waals surface area contributed by atoms with Crippen molar-refractivity contribution in [2.24, 2.45) is 0 Å². The summed E-state index contributed by atoms with van der Waals surface area (Å²) >= 11 is 2.23. The second-order valence-electron chi connectivity index (χ2n) is 3.24. The van der Waals surface area contributed by atoms with Gasteiger partial charge in [0.05, 0.1) is 19.1 Å². The normalized spacial score (nSPS) is 19.4. The van der Waals surface area contributed by atoms with Crippen LogP contribution in [-0.2, 0) is 16.1 Å². The SMILES string of the molecule is O=C(O)CC1OCc2cc(I)ccc21. The van der Waals surface area contributed by atoms with Crippen molar-refractivity contribution in [3.63, 3.8) is 0 Å². The third-order valence-electron chi connectivity index (χ3n) is 2.25. The molecule has 1 aromatic rings. The van der Waals surface area contributed by atoms with Crippen molar-refractivity contribution in [2.45, 2.75) is 19.1 Å². The molecule has 0 spiro atoms. The lowest BCUT2D eigenvalue weighted by molar-refractivity contribution is -0.140. The van der Waals surface area contributed by atoms with Crippen molar-refractivity contribution >= 4 is 28.6 Å². The zero-order valence-corrected chi connectivity index (χ0v) is 9.52. The number of benzene rings is 1. The van der Waals surface area contributed by atoms with Gasteiger partial charge in [0.2, 0.25) is 0 Å². The number of hydrogen-bond acceptors (Lipinski definition) is 2. The average Bonchev–Trinajstić information content (AvgIpc) is 2.47. The molecule has 0 fully saturated rings. The molecule has 0 amide bonds. The minimum Gasteiger partial charge on any atom is -0.481 e. The van der Waals surface area contributed by atoms with Crippen LogP contribution in [0.15, 0.2) is 18.2 Å². The molecule has 1 heterocycles. The first-order valence-electron chi connectivity index (χ1n) is 4.28. The monoisotopic (exact) mass is 304 g/mol. The first-order chi connectivity index (χ1) is 6.66. The molecule has 0 radical (unpaired) electrons. The molecule has 14 heavy (non-hydrogen) atoms. The molecule has 0 aliphatic carbocycles. The molecule has 2 rings (SSSR count). The van der Waals surface area contributed by atoms with Gasteiger partial charge in [-0.25, -0.2) is 0 Å². The van der Waals surface area contributed by atoms with Gasteiger partial charge in [-0.2, -0.15) is 0 Å². The fourth-order valence-electron chi connectivity index (χ4n) is 1.62. The van der Waals surface area contributed by atoms with Gasteiger partial charge in [0.25, 0.3) is 0 Å². The van der Waals surface area contributed by atoms with Crippen molar-refractivity contribution < 1.29 is 14.6 Å². The van der Waals surface area contributed by atoms with Crippen LogP contribution >= 0.6 is 22.6 Å². The highest BCUT2D eigenvalue weighted by Crippen LogP contribution is 2.33. The van der Waals surface area contributed by atoms with Crippen LogP contribution in [0.1, 0.15) is 23.7 Å². The van der Waals surface area contributed by atoms with E-state index in [2.05, 4.69) is 22.6 Å². The van der Waals surface area contributed by atoms with Gasteiger partial charge in [0.1, 0.15) is 0 Å². The lowest BCUT2D eigenvalue weighted by Crippen LogP contribution is -2.04. The highest BCUT2D eigenvalue weighted by molar-refractivity contribution is 14.1. The Labute approximate surface area is 95.2 Å². The summed E-state index contributed by atoms with van der Waals surface area (Å²) in [5, 5.41) is 8.67. The van der Waals surface area contributed by atoms with Gasteiger partial charge in [-0.3, -0.25) is 4.79 Å². The smallest absolute Gasteiger partial charge is 0.306 e. The fourth-order valence-corrected chi connectivity index (χ4v) is 2.18. The maximum absolute atomic E-state index is 10.6. The summed E-state index contributed by atoms with van der Waals surface area (Å²) in [5.41, 5.74) is 2.14. The lowest BCUT2D eigenvalue weighted by Gasteiger charge is -2.07. The molecule has 1 N–H and O–H groups in total. The Bertz CT molecular complexity index is 376. The van der Waals surface area contributed by atoms with E-state index in [0.717, 1.165) is 14.7 Å². The van der Waals surface area contributed by atoms with Crippen LogP contribution in [0.5, 0.6) is 0 Å². The van der Waals surface area contributed by atoms with Gasteiger partial charge < -0.3 is 9.84 Å². The Hall–Kier alpha value is -0.620. The molecule has 3 nitrogen and oxygen atoms in total. The average molecular weight is 304 g/mol. The standard InChI is InChI=1S/C10H9IO3/c11-7-1-2-8-6(3-7)5-14-9(8)4-10(12)13/h1-3,9H,4-5H2,(H,12,13). The molecule has 1 aromatic carbocycles. The third-order valence-corrected chi connectivity index (χ3v) is 2.92. The van der Waals surface area contributed by atoms with Crippen LogP contribution < -0.4 is 0 Å². The molecule has 0 aromatic heterocycles. The molecule has 4 heteroatoms. The highest BCUT2D eigenvalue weighted by Gasteiger charge is 2.25. The molecule has 1 unspecified atom stereocenters. The Morgan fingerprint density at radius 1 is 1.64 bits per heavy atom. The minimum atomic E-state index is -0.818. The molecule has 1 aliphatic rings. The van der Waals surface area contributed by atoms with E-state index >= 15 is 0 Å². The van der Waals surface area contributed by atoms with Crippen LogP contribution in [0.2, 0.25) is 0 Å². The molecule has 1 atom stereocenters. The Morgan fingerprint density at radius 3 is 3.14 bits per heavy atom. The zero-order valence-electron chi connectivity index (χ0n) is 7.37. The summed E-state index contributed by atoms with van der Waals surface area (Å²) in [6.07, 6.45) is -0.215. The zero-order chi connectivity index (χ0) is 10.1. The first kappa shape index (κ1) is 9.92. The van der Waals surface area contributed by atoms with Crippen LogP contribution in [-0.4, -0.2) is 11.1 Å². The van der Waals surface area contributed by atoms with E-state index in [-0.39, 0.29) is 12.5 Å². The molecule has 0 saturated heterocycles. The largest absolute Gasteiger partial charge is 0.481 e.